The number of aromatic nitrogens is 2. The average Bonchev–Trinajstić information content (AvgIpc) is 3.00. The van der Waals surface area contributed by atoms with E-state index in [1.807, 2.05) is 4.90 Å². The van der Waals surface area contributed by atoms with Gasteiger partial charge in [-0.2, -0.15) is 0 Å². The van der Waals surface area contributed by atoms with Crippen LogP contribution in [0.4, 0.5) is 5.82 Å². The lowest BCUT2D eigenvalue weighted by molar-refractivity contribution is -0.0533. The number of carbonyl (C=O) groups is 1. The molecule has 1 aromatic carbocycles. The summed E-state index contributed by atoms with van der Waals surface area (Å²) in [5.74, 6) is 0.766. The quantitative estimate of drug-likeness (QED) is 0.482. The molecule has 0 radical (unpaired) electrons. The minimum absolute atomic E-state index is 0.0399. The molecular weight excluding hydrogens is 510 g/mol. The van der Waals surface area contributed by atoms with E-state index < -0.39 is 0 Å². The third-order valence-electron chi connectivity index (χ3n) is 8.31. The number of nitrogens with zero attached hydrogens (tertiary/aromatic N) is 3. The number of rotatable bonds is 9. The second-order valence-corrected chi connectivity index (χ2v) is 11.1. The molecule has 0 spiro atoms. The Labute approximate surface area is 237 Å². The molecule has 0 unspecified atom stereocenters. The molecule has 3 fully saturated rings. The molecule has 2 N–H and O–H groups in total. The van der Waals surface area contributed by atoms with E-state index in [2.05, 4.69) is 51.8 Å². The van der Waals surface area contributed by atoms with Crippen LogP contribution in [-0.2, 0) is 14.2 Å². The van der Waals surface area contributed by atoms with Crippen LogP contribution in [0.1, 0.15) is 66.2 Å². The molecular formula is C30H43N5O5. The number of hydrogen-bond acceptors (Lipinski definition) is 9. The Morgan fingerprint density at radius 3 is 2.75 bits per heavy atom. The van der Waals surface area contributed by atoms with E-state index in [-0.39, 0.29) is 36.0 Å². The first-order valence-electron chi connectivity index (χ1n) is 14.6. The lowest BCUT2D eigenvalue weighted by Crippen LogP contribution is -2.54. The molecule has 3 aliphatic heterocycles. The van der Waals surface area contributed by atoms with Crippen molar-refractivity contribution in [3.05, 3.63) is 47.4 Å². The first-order chi connectivity index (χ1) is 19.6. The van der Waals surface area contributed by atoms with Crippen molar-refractivity contribution in [1.29, 1.82) is 0 Å². The molecule has 218 valence electrons. The highest BCUT2D eigenvalue weighted by molar-refractivity contribution is 5.96. The van der Waals surface area contributed by atoms with Crippen molar-refractivity contribution in [2.24, 2.45) is 0 Å². The molecule has 10 heteroatoms. The number of ether oxygens (including phenoxy) is 4. The van der Waals surface area contributed by atoms with Crippen molar-refractivity contribution in [3.63, 3.8) is 0 Å². The molecule has 3 aliphatic rings. The first-order valence-corrected chi connectivity index (χ1v) is 14.6. The number of nitrogens with one attached hydrogen (secondary N) is 2. The zero-order valence-electron chi connectivity index (χ0n) is 23.9. The van der Waals surface area contributed by atoms with Gasteiger partial charge in [0.05, 0.1) is 32.0 Å². The van der Waals surface area contributed by atoms with Crippen molar-refractivity contribution in [1.82, 2.24) is 20.2 Å². The fraction of sp³-hybridized carbons (Fsp3) is 0.633. The number of methoxy groups -OCH3 is 2. The van der Waals surface area contributed by atoms with E-state index in [9.17, 15) is 4.79 Å². The molecule has 5 rings (SSSR count). The maximum atomic E-state index is 13.5. The monoisotopic (exact) mass is 553 g/mol. The SMILES string of the molecule is COc1c(NC[C@H]2CCC[C@@H](c3cccc(C)c3)O2)ncnc1C(=O)N1CCC(N[C@@H]2CCOC[C@@H]2OC)CC1. The number of hydrogen-bond donors (Lipinski definition) is 2. The molecule has 4 atom stereocenters. The summed E-state index contributed by atoms with van der Waals surface area (Å²) >= 11 is 0. The maximum absolute atomic E-state index is 13.5. The van der Waals surface area contributed by atoms with Gasteiger partial charge in [0, 0.05) is 45.4 Å². The maximum Gasteiger partial charge on any atom is 0.276 e. The Kier molecular flexibility index (Phi) is 9.85. The van der Waals surface area contributed by atoms with Crippen LogP contribution in [0.25, 0.3) is 0 Å². The Hall–Kier alpha value is -2.79. The van der Waals surface area contributed by atoms with E-state index in [0.29, 0.717) is 43.9 Å². The lowest BCUT2D eigenvalue weighted by atomic mass is 9.97. The summed E-state index contributed by atoms with van der Waals surface area (Å²) in [7, 11) is 3.29. The molecule has 1 aromatic heterocycles. The molecule has 0 aliphatic carbocycles. The Morgan fingerprint density at radius 1 is 1.12 bits per heavy atom. The van der Waals surface area contributed by atoms with Gasteiger partial charge in [-0.05, 0) is 51.0 Å². The molecule has 4 heterocycles. The van der Waals surface area contributed by atoms with Crippen molar-refractivity contribution in [2.45, 2.75) is 75.8 Å². The van der Waals surface area contributed by atoms with Crippen molar-refractivity contribution >= 4 is 11.7 Å². The summed E-state index contributed by atoms with van der Waals surface area (Å²) in [6, 6.07) is 9.15. The predicted octanol–water partition coefficient (Wildman–Crippen LogP) is 3.51. The van der Waals surface area contributed by atoms with Gasteiger partial charge in [-0.1, -0.05) is 29.8 Å². The van der Waals surface area contributed by atoms with Crippen molar-refractivity contribution in [2.75, 3.05) is 52.4 Å². The normalized spacial score (nSPS) is 25.9. The summed E-state index contributed by atoms with van der Waals surface area (Å²) in [5.41, 5.74) is 2.75. The number of aryl methyl sites for hydroxylation is 1. The van der Waals surface area contributed by atoms with Gasteiger partial charge in [0.25, 0.3) is 5.91 Å². The number of anilines is 1. The largest absolute Gasteiger partial charge is 0.491 e. The minimum Gasteiger partial charge on any atom is -0.491 e. The van der Waals surface area contributed by atoms with Gasteiger partial charge in [0.15, 0.2) is 17.3 Å². The number of likely N-dealkylation sites (tertiary alicyclic amines) is 1. The fourth-order valence-electron chi connectivity index (χ4n) is 6.06. The summed E-state index contributed by atoms with van der Waals surface area (Å²) in [4.78, 5) is 24.1. The molecule has 1 amide bonds. The van der Waals surface area contributed by atoms with Crippen LogP contribution in [0, 0.1) is 6.92 Å². The Balaban J connectivity index is 1.16. The standard InChI is InChI=1S/C30H43N5O5/c1-20-6-4-7-21(16-20)25-9-5-8-23(40-25)17-31-29-28(38-3)27(32-19-33-29)30(36)35-13-10-22(11-14-35)34-24-12-15-39-18-26(24)37-2/h4,6-7,16,19,22-26,34H,5,8-15,17-18H2,1-3H3,(H,31,32,33)/t23-,24-,25+,26+/m1/s1. The average molecular weight is 554 g/mol. The van der Waals surface area contributed by atoms with Gasteiger partial charge in [0.1, 0.15) is 6.33 Å². The van der Waals surface area contributed by atoms with Gasteiger partial charge in [-0.15, -0.1) is 0 Å². The molecule has 0 saturated carbocycles. The Morgan fingerprint density at radius 2 is 1.98 bits per heavy atom. The topological polar surface area (TPSA) is 107 Å². The highest BCUT2D eigenvalue weighted by Gasteiger charge is 2.32. The molecule has 0 bridgehead atoms. The van der Waals surface area contributed by atoms with Gasteiger partial charge < -0.3 is 34.5 Å². The first kappa shape index (κ1) is 28.7. The van der Waals surface area contributed by atoms with Gasteiger partial charge >= 0.3 is 0 Å². The third-order valence-corrected chi connectivity index (χ3v) is 8.31. The van der Waals surface area contributed by atoms with E-state index in [1.165, 1.54) is 17.5 Å². The second-order valence-electron chi connectivity index (χ2n) is 11.1. The minimum atomic E-state index is -0.130. The summed E-state index contributed by atoms with van der Waals surface area (Å²) in [6.07, 6.45) is 7.40. The predicted molar refractivity (Wildman–Crippen MR) is 152 cm³/mol. The smallest absolute Gasteiger partial charge is 0.276 e. The number of piperidine rings is 1. The molecule has 40 heavy (non-hydrogen) atoms. The van der Waals surface area contributed by atoms with Gasteiger partial charge in [-0.3, -0.25) is 4.79 Å². The van der Waals surface area contributed by atoms with E-state index in [0.717, 1.165) is 45.1 Å². The molecule has 10 nitrogen and oxygen atoms in total. The Bertz CT molecular complexity index is 1130. The van der Waals surface area contributed by atoms with Crippen LogP contribution < -0.4 is 15.4 Å². The summed E-state index contributed by atoms with van der Waals surface area (Å²) in [5, 5.41) is 7.11. The van der Waals surface area contributed by atoms with Crippen molar-refractivity contribution in [3.8, 4) is 5.75 Å². The number of amides is 1. The molecule has 3 saturated heterocycles. The number of benzene rings is 1. The van der Waals surface area contributed by atoms with Crippen LogP contribution in [0.15, 0.2) is 30.6 Å². The van der Waals surface area contributed by atoms with Crippen LogP contribution in [0.5, 0.6) is 5.75 Å². The van der Waals surface area contributed by atoms with E-state index >= 15 is 0 Å². The highest BCUT2D eigenvalue weighted by Crippen LogP contribution is 2.33. The van der Waals surface area contributed by atoms with E-state index in [1.54, 1.807) is 14.2 Å². The highest BCUT2D eigenvalue weighted by atomic mass is 16.5. The number of carbonyl (C=O) groups excluding carboxylic acids is 1. The molecule has 2 aromatic rings. The van der Waals surface area contributed by atoms with Crippen LogP contribution in [-0.4, -0.2) is 92.1 Å². The van der Waals surface area contributed by atoms with Crippen LogP contribution >= 0.6 is 0 Å². The van der Waals surface area contributed by atoms with Crippen LogP contribution in [0.3, 0.4) is 0 Å². The van der Waals surface area contributed by atoms with Gasteiger partial charge in [0.2, 0.25) is 0 Å². The zero-order valence-corrected chi connectivity index (χ0v) is 23.9. The zero-order chi connectivity index (χ0) is 27.9. The second kappa shape index (κ2) is 13.7. The summed E-state index contributed by atoms with van der Waals surface area (Å²) in [6.45, 7) is 5.37. The lowest BCUT2D eigenvalue weighted by Gasteiger charge is -2.38. The van der Waals surface area contributed by atoms with Gasteiger partial charge in [-0.25, -0.2) is 9.97 Å². The summed E-state index contributed by atoms with van der Waals surface area (Å²) < 4.78 is 23.2. The van der Waals surface area contributed by atoms with E-state index in [4.69, 9.17) is 18.9 Å². The van der Waals surface area contributed by atoms with Crippen molar-refractivity contribution < 1.29 is 23.7 Å². The fourth-order valence-corrected chi connectivity index (χ4v) is 6.06. The third kappa shape index (κ3) is 6.91. The van der Waals surface area contributed by atoms with Crippen LogP contribution in [0.2, 0.25) is 0 Å².